The van der Waals surface area contributed by atoms with E-state index in [0.29, 0.717) is 36.1 Å². The molecule has 1 saturated carbocycles. The molecule has 144 valence electrons. The SMILES string of the molecule is CNc1cc(Nc2ccc3c(n2)CCO3)nc2c(C(=O)N[C@H]3C[C@H]3F)cnn12. The lowest BCUT2D eigenvalue weighted by Gasteiger charge is -2.10. The van der Waals surface area contributed by atoms with Crippen LogP contribution >= 0.6 is 0 Å². The van der Waals surface area contributed by atoms with Gasteiger partial charge in [0.1, 0.15) is 34.9 Å². The monoisotopic (exact) mass is 383 g/mol. The molecule has 9 nitrogen and oxygen atoms in total. The zero-order valence-electron chi connectivity index (χ0n) is 15.1. The van der Waals surface area contributed by atoms with E-state index in [1.165, 1.54) is 10.7 Å². The lowest BCUT2D eigenvalue weighted by atomic mass is 10.3. The molecule has 0 aromatic carbocycles. The summed E-state index contributed by atoms with van der Waals surface area (Å²) in [5.74, 6) is 2.19. The Morgan fingerprint density at radius 1 is 1.32 bits per heavy atom. The highest BCUT2D eigenvalue weighted by atomic mass is 19.1. The smallest absolute Gasteiger partial charge is 0.257 e. The minimum atomic E-state index is -0.973. The largest absolute Gasteiger partial charge is 0.491 e. The summed E-state index contributed by atoms with van der Waals surface area (Å²) in [4.78, 5) is 21.5. The van der Waals surface area contributed by atoms with Crippen LogP contribution in [0.25, 0.3) is 5.65 Å². The molecular formula is C18H18FN7O2. The highest BCUT2D eigenvalue weighted by Gasteiger charge is 2.39. The van der Waals surface area contributed by atoms with Gasteiger partial charge in [0, 0.05) is 26.0 Å². The number of nitrogens with zero attached hydrogens (tertiary/aromatic N) is 4. The van der Waals surface area contributed by atoms with E-state index in [1.807, 2.05) is 12.1 Å². The maximum atomic E-state index is 13.1. The minimum absolute atomic E-state index is 0.287. The van der Waals surface area contributed by atoms with Crippen molar-refractivity contribution in [3.05, 3.63) is 35.7 Å². The molecule has 2 aliphatic rings. The van der Waals surface area contributed by atoms with E-state index in [4.69, 9.17) is 4.74 Å². The molecule has 4 heterocycles. The first-order valence-electron chi connectivity index (χ1n) is 9.03. The zero-order valence-corrected chi connectivity index (χ0v) is 15.1. The Kier molecular flexibility index (Phi) is 3.78. The molecular weight excluding hydrogens is 365 g/mol. The maximum absolute atomic E-state index is 13.1. The predicted molar refractivity (Wildman–Crippen MR) is 100 cm³/mol. The summed E-state index contributed by atoms with van der Waals surface area (Å²) in [5, 5.41) is 13.1. The van der Waals surface area contributed by atoms with Crippen LogP contribution in [0.4, 0.5) is 21.8 Å². The fraction of sp³-hybridized carbons (Fsp3) is 0.333. The molecule has 1 fully saturated rings. The summed E-state index contributed by atoms with van der Waals surface area (Å²) >= 11 is 0. The number of hydrogen-bond donors (Lipinski definition) is 3. The average molecular weight is 383 g/mol. The van der Waals surface area contributed by atoms with Crippen LogP contribution in [0.1, 0.15) is 22.5 Å². The third-order valence-electron chi connectivity index (χ3n) is 4.79. The fourth-order valence-corrected chi connectivity index (χ4v) is 3.18. The molecule has 0 bridgehead atoms. The van der Waals surface area contributed by atoms with Gasteiger partial charge in [0.15, 0.2) is 5.65 Å². The Balaban J connectivity index is 1.48. The first kappa shape index (κ1) is 16.7. The Bertz CT molecular complexity index is 1080. The number of rotatable bonds is 5. The van der Waals surface area contributed by atoms with Gasteiger partial charge in [-0.3, -0.25) is 4.79 Å². The average Bonchev–Trinajstić information content (AvgIpc) is 3.09. The van der Waals surface area contributed by atoms with Crippen LogP contribution in [0.5, 0.6) is 5.75 Å². The van der Waals surface area contributed by atoms with Gasteiger partial charge in [-0.25, -0.2) is 14.4 Å². The van der Waals surface area contributed by atoms with Crippen molar-refractivity contribution in [2.45, 2.75) is 25.1 Å². The lowest BCUT2D eigenvalue weighted by Crippen LogP contribution is -2.27. The first-order chi connectivity index (χ1) is 13.6. The number of amides is 1. The van der Waals surface area contributed by atoms with Crippen LogP contribution in [0.15, 0.2) is 24.4 Å². The van der Waals surface area contributed by atoms with Gasteiger partial charge in [0.25, 0.3) is 5.91 Å². The second-order valence-corrected chi connectivity index (χ2v) is 6.77. The van der Waals surface area contributed by atoms with Crippen molar-refractivity contribution in [1.82, 2.24) is 24.9 Å². The number of aromatic nitrogens is 4. The quantitative estimate of drug-likeness (QED) is 0.616. The molecule has 0 saturated heterocycles. The normalized spacial score (nSPS) is 19.8. The molecule has 5 rings (SSSR count). The van der Waals surface area contributed by atoms with Crippen molar-refractivity contribution < 1.29 is 13.9 Å². The Morgan fingerprint density at radius 3 is 2.96 bits per heavy atom. The minimum Gasteiger partial charge on any atom is -0.491 e. The van der Waals surface area contributed by atoms with Crippen LogP contribution in [-0.4, -0.2) is 51.4 Å². The van der Waals surface area contributed by atoms with Gasteiger partial charge < -0.3 is 20.7 Å². The zero-order chi connectivity index (χ0) is 19.3. The molecule has 0 radical (unpaired) electrons. The molecule has 2 atom stereocenters. The molecule has 1 aliphatic carbocycles. The Morgan fingerprint density at radius 2 is 2.18 bits per heavy atom. The number of carbonyl (C=O) groups excluding carboxylic acids is 1. The van der Waals surface area contributed by atoms with Crippen molar-refractivity contribution >= 4 is 29.0 Å². The van der Waals surface area contributed by atoms with Crippen molar-refractivity contribution in [2.75, 3.05) is 24.3 Å². The molecule has 28 heavy (non-hydrogen) atoms. The van der Waals surface area contributed by atoms with E-state index in [1.54, 1.807) is 13.1 Å². The molecule has 1 amide bonds. The van der Waals surface area contributed by atoms with Crippen LogP contribution in [-0.2, 0) is 6.42 Å². The van der Waals surface area contributed by atoms with Gasteiger partial charge in [-0.2, -0.15) is 9.61 Å². The number of ether oxygens (including phenoxy) is 1. The third-order valence-corrected chi connectivity index (χ3v) is 4.79. The van der Waals surface area contributed by atoms with Crippen LogP contribution in [0, 0.1) is 0 Å². The lowest BCUT2D eigenvalue weighted by molar-refractivity contribution is 0.0949. The van der Waals surface area contributed by atoms with E-state index in [-0.39, 0.29) is 11.5 Å². The van der Waals surface area contributed by atoms with Crippen molar-refractivity contribution in [1.29, 1.82) is 0 Å². The molecule has 10 heteroatoms. The number of anilines is 3. The van der Waals surface area contributed by atoms with Gasteiger partial charge in [0.2, 0.25) is 0 Å². The van der Waals surface area contributed by atoms with Gasteiger partial charge in [-0.1, -0.05) is 0 Å². The molecule has 3 N–H and O–H groups in total. The number of hydrogen-bond acceptors (Lipinski definition) is 7. The van der Waals surface area contributed by atoms with E-state index in [2.05, 4.69) is 31.0 Å². The summed E-state index contributed by atoms with van der Waals surface area (Å²) in [5.41, 5.74) is 1.55. The predicted octanol–water partition coefficient (Wildman–Crippen LogP) is 1.68. The van der Waals surface area contributed by atoms with Crippen LogP contribution < -0.4 is 20.7 Å². The number of nitrogens with one attached hydrogen (secondary N) is 3. The second kappa shape index (κ2) is 6.32. The fourth-order valence-electron chi connectivity index (χ4n) is 3.18. The summed E-state index contributed by atoms with van der Waals surface area (Å²) in [6.07, 6.45) is 1.57. The third kappa shape index (κ3) is 2.86. The summed E-state index contributed by atoms with van der Waals surface area (Å²) < 4.78 is 20.1. The first-order valence-corrected chi connectivity index (χ1v) is 9.03. The molecule has 0 unspecified atom stereocenters. The van der Waals surface area contributed by atoms with Crippen molar-refractivity contribution in [3.8, 4) is 5.75 Å². The van der Waals surface area contributed by atoms with Crippen LogP contribution in [0.3, 0.4) is 0 Å². The van der Waals surface area contributed by atoms with E-state index in [9.17, 15) is 9.18 Å². The summed E-state index contributed by atoms with van der Waals surface area (Å²) in [7, 11) is 1.75. The Labute approximate surface area is 159 Å². The second-order valence-electron chi connectivity index (χ2n) is 6.77. The topological polar surface area (TPSA) is 105 Å². The number of halogens is 1. The molecule has 1 aliphatic heterocycles. The highest BCUT2D eigenvalue weighted by Crippen LogP contribution is 2.28. The van der Waals surface area contributed by atoms with Gasteiger partial charge in [0.05, 0.1) is 24.5 Å². The standard InChI is InChI=1S/C18H18FN7O2/c1-20-16-7-15(24-14-3-2-13-11(22-14)4-5-28-13)25-17-9(8-21-26(16)17)18(27)23-12-6-10(12)19/h2-3,7-8,10,12,20H,4-6H2,1H3,(H,23,27)(H,22,24,25)/t10-,12+/m1/s1. The number of fused-ring (bicyclic) bond motifs is 2. The van der Waals surface area contributed by atoms with Crippen molar-refractivity contribution in [3.63, 3.8) is 0 Å². The van der Waals surface area contributed by atoms with Gasteiger partial charge in [-0.15, -0.1) is 0 Å². The van der Waals surface area contributed by atoms with Crippen LogP contribution in [0.2, 0.25) is 0 Å². The van der Waals surface area contributed by atoms with E-state index < -0.39 is 12.2 Å². The number of alkyl halides is 1. The number of carbonyl (C=O) groups is 1. The molecule has 3 aromatic heterocycles. The number of pyridine rings is 1. The van der Waals surface area contributed by atoms with E-state index >= 15 is 0 Å². The van der Waals surface area contributed by atoms with Gasteiger partial charge in [-0.05, 0) is 12.1 Å². The summed E-state index contributed by atoms with van der Waals surface area (Å²) in [6, 6.07) is 5.03. The maximum Gasteiger partial charge on any atom is 0.257 e. The van der Waals surface area contributed by atoms with Crippen molar-refractivity contribution in [2.24, 2.45) is 0 Å². The highest BCUT2D eigenvalue weighted by molar-refractivity contribution is 6.00. The van der Waals surface area contributed by atoms with E-state index in [0.717, 1.165) is 17.9 Å². The Hall–Kier alpha value is -3.43. The van der Waals surface area contributed by atoms with Gasteiger partial charge >= 0.3 is 0 Å². The molecule has 0 spiro atoms. The molecule has 3 aromatic rings. The summed E-state index contributed by atoms with van der Waals surface area (Å²) in [6.45, 7) is 0.634.